The molecule has 4 rings (SSSR count). The average Bonchev–Trinajstić information content (AvgIpc) is 3.25. The van der Waals surface area contributed by atoms with Crippen molar-refractivity contribution in [3.8, 4) is 6.07 Å². The zero-order valence-corrected chi connectivity index (χ0v) is 25.0. The van der Waals surface area contributed by atoms with Crippen LogP contribution < -0.4 is 0 Å². The van der Waals surface area contributed by atoms with Crippen molar-refractivity contribution in [2.75, 3.05) is 6.61 Å². The predicted octanol–water partition coefficient (Wildman–Crippen LogP) is 7.87. The molecule has 7 unspecified atom stereocenters. The molecule has 0 aliphatic heterocycles. The van der Waals surface area contributed by atoms with Gasteiger partial charge in [0, 0.05) is 6.42 Å². The zero-order valence-electron chi connectivity index (χ0n) is 25.0. The van der Waals surface area contributed by atoms with E-state index in [1.54, 1.807) is 0 Å². The Kier molecular flexibility index (Phi) is 8.90. The second kappa shape index (κ2) is 11.5. The van der Waals surface area contributed by atoms with E-state index in [0.29, 0.717) is 35.0 Å². The minimum atomic E-state index is -0.389. The molecule has 0 heterocycles. The van der Waals surface area contributed by atoms with Crippen molar-refractivity contribution in [2.45, 2.75) is 131 Å². The Balaban J connectivity index is 1.36. The number of carbonyl (C=O) groups is 2. The molecule has 0 spiro atoms. The standard InChI is InChI=1S/C33H53NO4/c1-7-31(3,4)30(36)38-24-15-17-32(5)23(21-24)10-11-25-27-13-12-26(33(27,6)18-16-28(25)32)22(2)9-14-29(35)37-20-8-19-34/h22-28H,7-18,20-21H2,1-6H3/t22?,23?,24?,25?,26?,27?,28?,32-,33+/m0/s1. The van der Waals surface area contributed by atoms with E-state index in [1.807, 2.05) is 19.9 Å². The van der Waals surface area contributed by atoms with Gasteiger partial charge in [0.05, 0.1) is 17.9 Å². The first kappa shape index (κ1) is 29.4. The number of rotatable bonds is 9. The molecule has 0 aromatic carbocycles. The van der Waals surface area contributed by atoms with Crippen LogP contribution in [-0.2, 0) is 19.1 Å². The number of ether oxygens (including phenoxy) is 2. The first-order valence-electron chi connectivity index (χ1n) is 15.7. The third kappa shape index (κ3) is 5.53. The minimum absolute atomic E-state index is 0.0164. The molecule has 214 valence electrons. The molecule has 0 bridgehead atoms. The van der Waals surface area contributed by atoms with E-state index in [-0.39, 0.29) is 36.5 Å². The van der Waals surface area contributed by atoms with Crippen molar-refractivity contribution in [3.63, 3.8) is 0 Å². The number of hydrogen-bond donors (Lipinski definition) is 0. The molecule has 0 aromatic heterocycles. The summed E-state index contributed by atoms with van der Waals surface area (Å²) >= 11 is 0. The molecular weight excluding hydrogens is 474 g/mol. The molecule has 4 saturated carbocycles. The largest absolute Gasteiger partial charge is 0.465 e. The van der Waals surface area contributed by atoms with Crippen molar-refractivity contribution < 1.29 is 19.1 Å². The molecule has 9 atom stereocenters. The molecule has 5 nitrogen and oxygen atoms in total. The Labute approximate surface area is 231 Å². The zero-order chi connectivity index (χ0) is 27.7. The summed E-state index contributed by atoms with van der Waals surface area (Å²) in [5.74, 6) is 4.13. The van der Waals surface area contributed by atoms with Gasteiger partial charge in [-0.05, 0) is 131 Å². The van der Waals surface area contributed by atoms with Crippen LogP contribution in [0, 0.1) is 63.1 Å². The highest BCUT2D eigenvalue weighted by Gasteiger charge is 2.60. The molecule has 0 radical (unpaired) electrons. The molecule has 0 amide bonds. The van der Waals surface area contributed by atoms with Gasteiger partial charge in [-0.15, -0.1) is 0 Å². The van der Waals surface area contributed by atoms with Crippen LogP contribution in [0.5, 0.6) is 0 Å². The molecular formula is C33H53NO4. The fourth-order valence-electron chi connectivity index (χ4n) is 9.59. The smallest absolute Gasteiger partial charge is 0.311 e. The fraction of sp³-hybridized carbons (Fsp3) is 0.909. The van der Waals surface area contributed by atoms with Crippen molar-refractivity contribution in [1.29, 1.82) is 5.26 Å². The second-order valence-corrected chi connectivity index (χ2v) is 14.6. The van der Waals surface area contributed by atoms with Gasteiger partial charge in [0.2, 0.25) is 0 Å². The van der Waals surface area contributed by atoms with Gasteiger partial charge >= 0.3 is 11.9 Å². The topological polar surface area (TPSA) is 76.4 Å². The average molecular weight is 528 g/mol. The van der Waals surface area contributed by atoms with Crippen molar-refractivity contribution in [2.24, 2.45) is 51.8 Å². The molecule has 38 heavy (non-hydrogen) atoms. The van der Waals surface area contributed by atoms with Crippen LogP contribution in [-0.4, -0.2) is 24.6 Å². The molecule has 0 aromatic rings. The van der Waals surface area contributed by atoms with Crippen LogP contribution in [0.15, 0.2) is 0 Å². The van der Waals surface area contributed by atoms with Gasteiger partial charge in [0.25, 0.3) is 0 Å². The Hall–Kier alpha value is -1.57. The molecule has 0 N–H and O–H groups in total. The van der Waals surface area contributed by atoms with Gasteiger partial charge in [0.1, 0.15) is 12.7 Å². The van der Waals surface area contributed by atoms with E-state index in [4.69, 9.17) is 14.7 Å². The number of nitrogens with zero attached hydrogens (tertiary/aromatic N) is 1. The van der Waals surface area contributed by atoms with Crippen LogP contribution in [0.1, 0.15) is 125 Å². The monoisotopic (exact) mass is 527 g/mol. The van der Waals surface area contributed by atoms with Gasteiger partial charge in [-0.25, -0.2) is 0 Å². The lowest BCUT2D eigenvalue weighted by Crippen LogP contribution is -2.54. The van der Waals surface area contributed by atoms with Crippen molar-refractivity contribution in [1.82, 2.24) is 0 Å². The summed E-state index contributed by atoms with van der Waals surface area (Å²) in [5, 5.41) is 8.66. The summed E-state index contributed by atoms with van der Waals surface area (Å²) in [6.45, 7) is 13.8. The Morgan fingerprint density at radius 2 is 1.74 bits per heavy atom. The van der Waals surface area contributed by atoms with E-state index < -0.39 is 0 Å². The van der Waals surface area contributed by atoms with Gasteiger partial charge in [-0.2, -0.15) is 5.26 Å². The lowest BCUT2D eigenvalue weighted by Gasteiger charge is -2.61. The van der Waals surface area contributed by atoms with E-state index in [0.717, 1.165) is 43.4 Å². The normalized spacial score (nSPS) is 39.2. The van der Waals surface area contributed by atoms with Gasteiger partial charge in [0.15, 0.2) is 0 Å². The Morgan fingerprint density at radius 1 is 1.03 bits per heavy atom. The number of hydrogen-bond acceptors (Lipinski definition) is 5. The van der Waals surface area contributed by atoms with Crippen LogP contribution in [0.25, 0.3) is 0 Å². The third-order valence-corrected chi connectivity index (χ3v) is 12.4. The lowest BCUT2D eigenvalue weighted by molar-refractivity contribution is -0.171. The minimum Gasteiger partial charge on any atom is -0.465 e. The van der Waals surface area contributed by atoms with Crippen LogP contribution in [0.2, 0.25) is 0 Å². The maximum absolute atomic E-state index is 12.8. The quantitative estimate of drug-likeness (QED) is 0.225. The van der Waals surface area contributed by atoms with E-state index in [2.05, 4.69) is 27.7 Å². The highest BCUT2D eigenvalue weighted by Crippen LogP contribution is 2.68. The van der Waals surface area contributed by atoms with Crippen LogP contribution in [0.4, 0.5) is 0 Å². The summed E-state index contributed by atoms with van der Waals surface area (Å²) in [6.07, 6.45) is 13.7. The predicted molar refractivity (Wildman–Crippen MR) is 149 cm³/mol. The summed E-state index contributed by atoms with van der Waals surface area (Å²) in [7, 11) is 0. The van der Waals surface area contributed by atoms with E-state index >= 15 is 0 Å². The number of esters is 2. The maximum Gasteiger partial charge on any atom is 0.311 e. The molecule has 0 saturated heterocycles. The Bertz CT molecular complexity index is 907. The van der Waals surface area contributed by atoms with Gasteiger partial charge < -0.3 is 9.47 Å². The lowest BCUT2D eigenvalue weighted by atomic mass is 9.44. The third-order valence-electron chi connectivity index (χ3n) is 12.4. The Morgan fingerprint density at radius 3 is 2.45 bits per heavy atom. The SMILES string of the molecule is CCC(C)(C)C(=O)OC1CC[C@@]2(C)C(CCC3C4CCC(C(C)CCC(=O)OCCC#N)[C@@]4(C)CCC32)C1. The fourth-order valence-corrected chi connectivity index (χ4v) is 9.59. The van der Waals surface area contributed by atoms with E-state index in [1.165, 1.54) is 44.9 Å². The van der Waals surface area contributed by atoms with Crippen molar-refractivity contribution >= 4 is 11.9 Å². The molecule has 5 heteroatoms. The highest BCUT2D eigenvalue weighted by molar-refractivity contribution is 5.76. The maximum atomic E-state index is 12.8. The van der Waals surface area contributed by atoms with Crippen LogP contribution in [0.3, 0.4) is 0 Å². The number of fused-ring (bicyclic) bond motifs is 5. The summed E-state index contributed by atoms with van der Waals surface area (Å²) in [4.78, 5) is 24.9. The number of nitriles is 1. The second-order valence-electron chi connectivity index (χ2n) is 14.6. The molecule has 4 aliphatic carbocycles. The first-order chi connectivity index (χ1) is 18.0. The summed E-state index contributed by atoms with van der Waals surface area (Å²) in [5.41, 5.74) is 0.372. The van der Waals surface area contributed by atoms with E-state index in [9.17, 15) is 9.59 Å². The summed E-state index contributed by atoms with van der Waals surface area (Å²) in [6, 6.07) is 2.03. The van der Waals surface area contributed by atoms with Gasteiger partial charge in [-0.3, -0.25) is 9.59 Å². The number of carbonyl (C=O) groups excluding carboxylic acids is 2. The summed E-state index contributed by atoms with van der Waals surface area (Å²) < 4.78 is 11.3. The van der Waals surface area contributed by atoms with Crippen molar-refractivity contribution in [3.05, 3.63) is 0 Å². The van der Waals surface area contributed by atoms with Crippen LogP contribution >= 0.6 is 0 Å². The van der Waals surface area contributed by atoms with Gasteiger partial charge in [-0.1, -0.05) is 27.7 Å². The molecule has 4 aliphatic rings. The highest BCUT2D eigenvalue weighted by atomic mass is 16.5. The molecule has 4 fully saturated rings. The first-order valence-corrected chi connectivity index (χ1v) is 15.7.